The van der Waals surface area contributed by atoms with Crippen LogP contribution >= 0.6 is 0 Å². The van der Waals surface area contributed by atoms with E-state index in [0.29, 0.717) is 12.2 Å². The Morgan fingerprint density at radius 2 is 2.39 bits per heavy atom. The van der Waals surface area contributed by atoms with Crippen LogP contribution in [0.4, 0.5) is 0 Å². The molecule has 1 aliphatic rings. The third kappa shape index (κ3) is 2.82. The Bertz CT molecular complexity index is 420. The Balaban J connectivity index is 2.14. The number of piperazine rings is 1. The Kier molecular flexibility index (Phi) is 4.20. The lowest BCUT2D eigenvalue weighted by molar-refractivity contribution is 0.0655. The molecule has 4 heteroatoms. The molecule has 2 rings (SSSR count). The maximum absolute atomic E-state index is 12.4. The third-order valence-corrected chi connectivity index (χ3v) is 3.15. The first kappa shape index (κ1) is 12.9. The van der Waals surface area contributed by atoms with E-state index >= 15 is 0 Å². The number of carbonyl (C=O) groups excluding carboxylic acids is 1. The summed E-state index contributed by atoms with van der Waals surface area (Å²) < 4.78 is 5.43. The lowest BCUT2D eigenvalue weighted by atomic mass is 10.1. The summed E-state index contributed by atoms with van der Waals surface area (Å²) >= 11 is 0. The van der Waals surface area contributed by atoms with Crippen molar-refractivity contribution in [2.75, 3.05) is 26.2 Å². The van der Waals surface area contributed by atoms with Crippen molar-refractivity contribution in [3.8, 4) is 5.75 Å². The maximum Gasteiger partial charge on any atom is 0.254 e. The highest BCUT2D eigenvalue weighted by Gasteiger charge is 2.24. The second-order valence-corrected chi connectivity index (χ2v) is 4.51. The van der Waals surface area contributed by atoms with Crippen LogP contribution < -0.4 is 10.1 Å². The first-order chi connectivity index (χ1) is 8.72. The van der Waals surface area contributed by atoms with Gasteiger partial charge in [-0.15, -0.1) is 0 Å². The summed E-state index contributed by atoms with van der Waals surface area (Å²) in [6.45, 7) is 7.10. The normalized spacial score (nSPS) is 19.7. The van der Waals surface area contributed by atoms with Crippen LogP contribution in [0.15, 0.2) is 24.3 Å². The number of rotatable bonds is 3. The largest absolute Gasteiger partial charge is 0.494 e. The van der Waals surface area contributed by atoms with Gasteiger partial charge in [0.15, 0.2) is 0 Å². The van der Waals surface area contributed by atoms with E-state index in [1.165, 1.54) is 0 Å². The fourth-order valence-corrected chi connectivity index (χ4v) is 2.19. The van der Waals surface area contributed by atoms with E-state index in [4.69, 9.17) is 4.74 Å². The zero-order valence-corrected chi connectivity index (χ0v) is 11.0. The summed E-state index contributed by atoms with van der Waals surface area (Å²) in [5.41, 5.74) is 0.703. The van der Waals surface area contributed by atoms with E-state index in [-0.39, 0.29) is 11.9 Å². The minimum Gasteiger partial charge on any atom is -0.494 e. The first-order valence-electron chi connectivity index (χ1n) is 6.47. The van der Waals surface area contributed by atoms with Crippen LogP contribution in [-0.2, 0) is 0 Å². The molecule has 0 bridgehead atoms. The second-order valence-electron chi connectivity index (χ2n) is 4.51. The zero-order chi connectivity index (χ0) is 13.0. The predicted molar refractivity (Wildman–Crippen MR) is 71.0 cm³/mol. The van der Waals surface area contributed by atoms with Crippen LogP contribution in [0.3, 0.4) is 0 Å². The number of nitrogens with zero attached hydrogens (tertiary/aromatic N) is 1. The summed E-state index contributed by atoms with van der Waals surface area (Å²) in [6, 6.07) is 7.65. The minimum absolute atomic E-state index is 0.0885. The molecule has 1 fully saturated rings. The predicted octanol–water partition coefficient (Wildman–Crippen LogP) is 1.52. The van der Waals surface area contributed by atoms with Gasteiger partial charge in [0.1, 0.15) is 5.75 Å². The monoisotopic (exact) mass is 248 g/mol. The molecule has 1 aromatic carbocycles. The highest BCUT2D eigenvalue weighted by molar-refractivity contribution is 5.94. The van der Waals surface area contributed by atoms with Crippen molar-refractivity contribution in [2.45, 2.75) is 19.9 Å². The molecule has 1 aromatic rings. The molecule has 0 unspecified atom stereocenters. The highest BCUT2D eigenvalue weighted by atomic mass is 16.5. The van der Waals surface area contributed by atoms with Crippen LogP contribution in [0.1, 0.15) is 24.2 Å². The van der Waals surface area contributed by atoms with Crippen molar-refractivity contribution in [1.82, 2.24) is 10.2 Å². The standard InChI is InChI=1S/C14H20N2O2/c1-3-18-13-6-4-5-12(9-13)14(17)16-8-7-15-10-11(16)2/h4-6,9,11,15H,3,7-8,10H2,1-2H3/t11-/m1/s1. The molecule has 18 heavy (non-hydrogen) atoms. The Hall–Kier alpha value is -1.55. The molecule has 1 heterocycles. The molecule has 1 atom stereocenters. The molecule has 4 nitrogen and oxygen atoms in total. The van der Waals surface area contributed by atoms with E-state index in [9.17, 15) is 4.79 Å². The van der Waals surface area contributed by atoms with Crippen molar-refractivity contribution < 1.29 is 9.53 Å². The average molecular weight is 248 g/mol. The van der Waals surface area contributed by atoms with Crippen LogP contribution in [0.25, 0.3) is 0 Å². The molecule has 0 spiro atoms. The van der Waals surface area contributed by atoms with Gasteiger partial charge in [0.25, 0.3) is 5.91 Å². The number of amides is 1. The number of benzene rings is 1. The molecule has 0 saturated carbocycles. The number of carbonyl (C=O) groups is 1. The molecular formula is C14H20N2O2. The van der Waals surface area contributed by atoms with Crippen molar-refractivity contribution in [1.29, 1.82) is 0 Å². The molecule has 1 amide bonds. The van der Waals surface area contributed by atoms with Crippen molar-refractivity contribution in [3.05, 3.63) is 29.8 Å². The van der Waals surface area contributed by atoms with Gasteiger partial charge in [0.05, 0.1) is 6.61 Å². The number of hydrogen-bond acceptors (Lipinski definition) is 3. The lowest BCUT2D eigenvalue weighted by Crippen LogP contribution is -2.52. The smallest absolute Gasteiger partial charge is 0.254 e. The maximum atomic E-state index is 12.4. The molecule has 0 aliphatic carbocycles. The number of hydrogen-bond donors (Lipinski definition) is 1. The molecule has 1 aliphatic heterocycles. The molecule has 0 aromatic heterocycles. The zero-order valence-electron chi connectivity index (χ0n) is 11.0. The number of nitrogens with one attached hydrogen (secondary N) is 1. The summed E-state index contributed by atoms with van der Waals surface area (Å²) in [5.74, 6) is 0.844. The van der Waals surface area contributed by atoms with Crippen LogP contribution in [0, 0.1) is 0 Å². The van der Waals surface area contributed by atoms with E-state index in [0.717, 1.165) is 25.4 Å². The highest BCUT2D eigenvalue weighted by Crippen LogP contribution is 2.16. The molecule has 1 saturated heterocycles. The van der Waals surface area contributed by atoms with E-state index in [2.05, 4.69) is 12.2 Å². The third-order valence-electron chi connectivity index (χ3n) is 3.15. The van der Waals surface area contributed by atoms with Gasteiger partial charge in [-0.2, -0.15) is 0 Å². The fourth-order valence-electron chi connectivity index (χ4n) is 2.19. The molecule has 1 N–H and O–H groups in total. The van der Waals surface area contributed by atoms with Crippen molar-refractivity contribution >= 4 is 5.91 Å². The van der Waals surface area contributed by atoms with Gasteiger partial charge in [-0.05, 0) is 32.0 Å². The Morgan fingerprint density at radius 3 is 3.11 bits per heavy atom. The van der Waals surface area contributed by atoms with Gasteiger partial charge < -0.3 is 15.0 Å². The van der Waals surface area contributed by atoms with Gasteiger partial charge in [-0.25, -0.2) is 0 Å². The summed E-state index contributed by atoms with van der Waals surface area (Å²) in [4.78, 5) is 14.3. The second kappa shape index (κ2) is 5.87. The van der Waals surface area contributed by atoms with Crippen molar-refractivity contribution in [2.24, 2.45) is 0 Å². The quantitative estimate of drug-likeness (QED) is 0.881. The SMILES string of the molecule is CCOc1cccc(C(=O)N2CCNC[C@H]2C)c1. The first-order valence-corrected chi connectivity index (χ1v) is 6.47. The van der Waals surface area contributed by atoms with Crippen LogP contribution in [0.2, 0.25) is 0 Å². The Morgan fingerprint density at radius 1 is 1.56 bits per heavy atom. The fraction of sp³-hybridized carbons (Fsp3) is 0.500. The molecular weight excluding hydrogens is 228 g/mol. The van der Waals surface area contributed by atoms with Crippen LogP contribution in [0.5, 0.6) is 5.75 Å². The minimum atomic E-state index is 0.0885. The topological polar surface area (TPSA) is 41.6 Å². The van der Waals surface area contributed by atoms with Gasteiger partial charge in [0, 0.05) is 31.2 Å². The summed E-state index contributed by atoms with van der Waals surface area (Å²) in [5, 5.41) is 3.28. The van der Waals surface area contributed by atoms with Gasteiger partial charge in [-0.3, -0.25) is 4.79 Å². The summed E-state index contributed by atoms with van der Waals surface area (Å²) in [7, 11) is 0. The van der Waals surface area contributed by atoms with Crippen LogP contribution in [-0.4, -0.2) is 43.1 Å². The average Bonchev–Trinajstić information content (AvgIpc) is 2.39. The van der Waals surface area contributed by atoms with Gasteiger partial charge >= 0.3 is 0 Å². The van der Waals surface area contributed by atoms with E-state index < -0.39 is 0 Å². The molecule has 0 radical (unpaired) electrons. The summed E-state index contributed by atoms with van der Waals surface area (Å²) in [6.07, 6.45) is 0. The lowest BCUT2D eigenvalue weighted by Gasteiger charge is -2.34. The van der Waals surface area contributed by atoms with E-state index in [1.54, 1.807) is 0 Å². The van der Waals surface area contributed by atoms with Gasteiger partial charge in [-0.1, -0.05) is 6.07 Å². The molecule has 98 valence electrons. The number of ether oxygens (including phenoxy) is 1. The van der Waals surface area contributed by atoms with E-state index in [1.807, 2.05) is 36.1 Å². The van der Waals surface area contributed by atoms with Crippen molar-refractivity contribution in [3.63, 3.8) is 0 Å². The Labute approximate surface area is 108 Å². The van der Waals surface area contributed by atoms with Gasteiger partial charge in [0.2, 0.25) is 0 Å².